The van der Waals surface area contributed by atoms with E-state index in [2.05, 4.69) is 5.32 Å². The van der Waals surface area contributed by atoms with Crippen LogP contribution >= 0.6 is 23.4 Å². The zero-order chi connectivity index (χ0) is 20.1. The van der Waals surface area contributed by atoms with Crippen LogP contribution in [0.5, 0.6) is 0 Å². The lowest BCUT2D eigenvalue weighted by Crippen LogP contribution is -2.70. The average Bonchev–Trinajstić information content (AvgIpc) is 2.87. The second-order valence-electron chi connectivity index (χ2n) is 6.87. The lowest BCUT2D eigenvalue weighted by atomic mass is 9.96. The fraction of sp³-hybridized carbons (Fsp3) is 0.412. The predicted molar refractivity (Wildman–Crippen MR) is 97.7 cm³/mol. The number of amides is 2. The number of fused-ring (bicyclic) bond motifs is 1. The summed E-state index contributed by atoms with van der Waals surface area (Å²) in [4.78, 5) is 48.5. The van der Waals surface area contributed by atoms with E-state index in [1.807, 2.05) is 0 Å². The van der Waals surface area contributed by atoms with Crippen LogP contribution in [-0.4, -0.2) is 61.1 Å². The third kappa shape index (κ3) is 3.25. The van der Waals surface area contributed by atoms with Gasteiger partial charge in [0.15, 0.2) is 0 Å². The number of nitrogens with zero attached hydrogens (tertiary/aromatic N) is 1. The highest BCUT2D eigenvalue weighted by atomic mass is 35.5. The van der Waals surface area contributed by atoms with Crippen LogP contribution < -0.4 is 5.32 Å². The average molecular weight is 413 g/mol. The smallest absolute Gasteiger partial charge is 0.335 e. The molecule has 0 bridgehead atoms. The van der Waals surface area contributed by atoms with Gasteiger partial charge in [-0.05, 0) is 31.5 Å². The summed E-state index contributed by atoms with van der Waals surface area (Å²) in [6.45, 7) is 3.49. The van der Waals surface area contributed by atoms with E-state index in [4.69, 9.17) is 16.7 Å². The van der Waals surface area contributed by atoms with Crippen LogP contribution in [0.1, 0.15) is 35.1 Å². The molecule has 3 N–H and O–H groups in total. The molecule has 2 fully saturated rings. The summed E-state index contributed by atoms with van der Waals surface area (Å²) in [7, 11) is 0. The number of aromatic carboxylic acids is 1. The van der Waals surface area contributed by atoms with Crippen molar-refractivity contribution in [1.82, 2.24) is 10.2 Å². The first-order valence-electron chi connectivity index (χ1n) is 8.05. The van der Waals surface area contributed by atoms with E-state index in [-0.39, 0.29) is 5.56 Å². The molecular formula is C17H17ClN2O6S. The number of alkyl halides is 1. The van der Waals surface area contributed by atoms with Gasteiger partial charge in [-0.1, -0.05) is 12.1 Å². The Morgan fingerprint density at radius 3 is 2.33 bits per heavy atom. The van der Waals surface area contributed by atoms with Gasteiger partial charge in [0.1, 0.15) is 22.8 Å². The molecule has 0 aliphatic carbocycles. The van der Waals surface area contributed by atoms with E-state index in [9.17, 15) is 24.3 Å². The van der Waals surface area contributed by atoms with E-state index in [1.165, 1.54) is 40.9 Å². The van der Waals surface area contributed by atoms with Gasteiger partial charge in [-0.15, -0.1) is 23.4 Å². The second-order valence-corrected chi connectivity index (χ2v) is 9.08. The maximum Gasteiger partial charge on any atom is 0.335 e. The molecule has 4 atom stereocenters. The molecule has 2 amide bonds. The summed E-state index contributed by atoms with van der Waals surface area (Å²) in [6.07, 6.45) is 0. The number of β-lactam (4-membered cyclic amide) rings is 1. The van der Waals surface area contributed by atoms with Crippen molar-refractivity contribution in [3.05, 3.63) is 35.4 Å². The first-order chi connectivity index (χ1) is 12.5. The van der Waals surface area contributed by atoms with Crippen molar-refractivity contribution < 1.29 is 29.4 Å². The van der Waals surface area contributed by atoms with Gasteiger partial charge in [0.25, 0.3) is 0 Å². The Balaban J connectivity index is 1.69. The molecule has 3 rings (SSSR count). The Hall–Kier alpha value is -2.26. The molecule has 0 aromatic heterocycles. The Kier molecular flexibility index (Phi) is 4.85. The number of benzene rings is 1. The molecule has 1 aromatic carbocycles. The molecule has 8 nitrogen and oxygen atoms in total. The minimum absolute atomic E-state index is 0.0668. The minimum Gasteiger partial charge on any atom is -0.480 e. The molecule has 10 heteroatoms. The van der Waals surface area contributed by atoms with Gasteiger partial charge in [-0.25, -0.2) is 9.59 Å². The van der Waals surface area contributed by atoms with E-state index >= 15 is 0 Å². The maximum absolute atomic E-state index is 12.4. The number of rotatable bonds is 5. The Morgan fingerprint density at radius 1 is 1.22 bits per heavy atom. The molecular weight excluding hydrogens is 396 g/mol. The third-order valence-electron chi connectivity index (χ3n) is 4.65. The van der Waals surface area contributed by atoms with Crippen molar-refractivity contribution in [1.29, 1.82) is 0 Å². The number of carboxylic acid groups (broad SMARTS) is 2. The van der Waals surface area contributed by atoms with Crippen molar-refractivity contribution in [3.8, 4) is 0 Å². The molecule has 27 heavy (non-hydrogen) atoms. The number of halogens is 1. The topological polar surface area (TPSA) is 124 Å². The molecule has 0 radical (unpaired) electrons. The number of carbonyl (C=O) groups excluding carboxylic acids is 2. The first-order valence-corrected chi connectivity index (χ1v) is 9.36. The summed E-state index contributed by atoms with van der Waals surface area (Å²) in [5, 5.41) is 19.3. The number of carboxylic acids is 2. The fourth-order valence-electron chi connectivity index (χ4n) is 3.32. The van der Waals surface area contributed by atoms with Crippen molar-refractivity contribution >= 4 is 47.1 Å². The summed E-state index contributed by atoms with van der Waals surface area (Å²) in [5.41, 5.74) is 0.461. The quantitative estimate of drug-likeness (QED) is 0.491. The Bertz CT molecular complexity index is 827. The van der Waals surface area contributed by atoms with E-state index in [1.54, 1.807) is 13.8 Å². The fourth-order valence-corrected chi connectivity index (χ4v) is 5.15. The highest BCUT2D eigenvalue weighted by molar-refractivity contribution is 8.01. The molecule has 144 valence electrons. The van der Waals surface area contributed by atoms with Crippen LogP contribution in [0.3, 0.4) is 0 Å². The normalized spacial score (nSPS) is 26.7. The molecule has 2 heterocycles. The molecule has 0 saturated carbocycles. The van der Waals surface area contributed by atoms with Gasteiger partial charge in [0, 0.05) is 4.75 Å². The second kappa shape index (κ2) is 6.72. The maximum atomic E-state index is 12.4. The molecule has 2 saturated heterocycles. The summed E-state index contributed by atoms with van der Waals surface area (Å²) >= 11 is 7.48. The largest absolute Gasteiger partial charge is 0.480 e. The van der Waals surface area contributed by atoms with Gasteiger partial charge in [-0.3, -0.25) is 9.59 Å². The van der Waals surface area contributed by atoms with Gasteiger partial charge in [-0.2, -0.15) is 0 Å². The molecule has 0 spiro atoms. The summed E-state index contributed by atoms with van der Waals surface area (Å²) < 4.78 is -0.682. The standard InChI is InChI=1S/C17H17ClN2O6S/c1-17(2)11(16(25)26)20-13(22)10(14(20)27-17)19-12(21)9(18)7-3-5-8(6-4-7)15(23)24/h3-6,9-11,14H,1-2H3,(H,19,21)(H,23,24)(H,25,26)/t9?,10-,11+,14-/m1/s1. The molecule has 2 aliphatic heterocycles. The van der Waals surface area contributed by atoms with Gasteiger partial charge >= 0.3 is 11.9 Å². The van der Waals surface area contributed by atoms with Gasteiger partial charge < -0.3 is 20.4 Å². The summed E-state index contributed by atoms with van der Waals surface area (Å²) in [5.74, 6) is -3.23. The first kappa shape index (κ1) is 19.5. The van der Waals surface area contributed by atoms with Crippen LogP contribution in [0, 0.1) is 0 Å². The number of aliphatic carboxylic acids is 1. The van der Waals surface area contributed by atoms with Crippen LogP contribution in [0.25, 0.3) is 0 Å². The SMILES string of the molecule is CC1(C)S[C@@H]2[C@H](NC(=O)C(Cl)c3ccc(C(=O)O)cc3)C(=O)N2[C@H]1C(=O)O. The lowest BCUT2D eigenvalue weighted by Gasteiger charge is -2.43. The summed E-state index contributed by atoms with van der Waals surface area (Å²) in [6, 6.07) is 3.74. The number of hydrogen-bond donors (Lipinski definition) is 3. The highest BCUT2D eigenvalue weighted by Gasteiger charge is 2.64. The van der Waals surface area contributed by atoms with Crippen LogP contribution in [0.2, 0.25) is 0 Å². The number of carbonyl (C=O) groups is 4. The van der Waals surface area contributed by atoms with E-state index < -0.39 is 51.3 Å². The number of hydrogen-bond acceptors (Lipinski definition) is 5. The predicted octanol–water partition coefficient (Wildman–Crippen LogP) is 1.30. The number of thioether (sulfide) groups is 1. The van der Waals surface area contributed by atoms with Crippen LogP contribution in [-0.2, 0) is 14.4 Å². The molecule has 1 unspecified atom stereocenters. The molecule has 1 aromatic rings. The zero-order valence-corrected chi connectivity index (χ0v) is 16.0. The molecule has 2 aliphatic rings. The van der Waals surface area contributed by atoms with Crippen molar-refractivity contribution in [2.24, 2.45) is 0 Å². The van der Waals surface area contributed by atoms with Crippen molar-refractivity contribution in [2.45, 2.75) is 41.4 Å². The lowest BCUT2D eigenvalue weighted by molar-refractivity contribution is -0.161. The zero-order valence-electron chi connectivity index (χ0n) is 14.4. The van der Waals surface area contributed by atoms with Gasteiger partial charge in [0.2, 0.25) is 11.8 Å². The highest BCUT2D eigenvalue weighted by Crippen LogP contribution is 2.50. The third-order valence-corrected chi connectivity index (χ3v) is 6.67. The van der Waals surface area contributed by atoms with Crippen molar-refractivity contribution in [3.63, 3.8) is 0 Å². The van der Waals surface area contributed by atoms with E-state index in [0.717, 1.165) is 0 Å². The number of nitrogens with one attached hydrogen (secondary N) is 1. The van der Waals surface area contributed by atoms with Crippen molar-refractivity contribution in [2.75, 3.05) is 0 Å². The van der Waals surface area contributed by atoms with Gasteiger partial charge in [0.05, 0.1) is 5.56 Å². The van der Waals surface area contributed by atoms with Crippen LogP contribution in [0.4, 0.5) is 0 Å². The van der Waals surface area contributed by atoms with Crippen LogP contribution in [0.15, 0.2) is 24.3 Å². The van der Waals surface area contributed by atoms with E-state index in [0.29, 0.717) is 5.56 Å². The monoisotopic (exact) mass is 412 g/mol. The minimum atomic E-state index is -1.11. The Labute approximate surface area is 163 Å². The Morgan fingerprint density at radius 2 is 1.81 bits per heavy atom.